The molecule has 3 aromatic rings. The fourth-order valence-electron chi connectivity index (χ4n) is 3.44. The Hall–Kier alpha value is -3.48. The molecule has 0 unspecified atom stereocenters. The zero-order chi connectivity index (χ0) is 20.1. The Morgan fingerprint density at radius 1 is 1.00 bits per heavy atom. The molecule has 0 bridgehead atoms. The van der Waals surface area contributed by atoms with E-state index in [2.05, 4.69) is 54.3 Å². The van der Waals surface area contributed by atoms with Crippen LogP contribution in [-0.4, -0.2) is 47.0 Å². The number of benzene rings is 1. The number of amides is 1. The van der Waals surface area contributed by atoms with E-state index in [1.54, 1.807) is 18.5 Å². The molecule has 0 spiro atoms. The maximum atomic E-state index is 12.6. The minimum atomic E-state index is -0.205. The highest BCUT2D eigenvalue weighted by Crippen LogP contribution is 2.19. The normalized spacial score (nSPS) is 14.0. The molecule has 1 aromatic carbocycles. The summed E-state index contributed by atoms with van der Waals surface area (Å²) >= 11 is 0. The molecule has 29 heavy (non-hydrogen) atoms. The van der Waals surface area contributed by atoms with Crippen LogP contribution in [0.15, 0.2) is 60.9 Å². The lowest BCUT2D eigenvalue weighted by Crippen LogP contribution is -2.47. The number of aromatic nitrogens is 3. The van der Waals surface area contributed by atoms with Gasteiger partial charge in [-0.3, -0.25) is 9.78 Å². The van der Waals surface area contributed by atoms with Crippen molar-refractivity contribution < 1.29 is 4.79 Å². The van der Waals surface area contributed by atoms with E-state index in [-0.39, 0.29) is 5.91 Å². The van der Waals surface area contributed by atoms with Crippen molar-refractivity contribution in [1.29, 1.82) is 0 Å². The van der Waals surface area contributed by atoms with Crippen LogP contribution in [0.3, 0.4) is 0 Å². The van der Waals surface area contributed by atoms with Crippen molar-refractivity contribution >= 4 is 17.4 Å². The fourth-order valence-corrected chi connectivity index (χ4v) is 3.44. The monoisotopic (exact) mass is 388 g/mol. The SMILES string of the molecule is Cc1nc(C(=O)NCc2cccnc2)cc(N2CCN(c3ccccc3)CC2)n1. The Balaban J connectivity index is 1.41. The van der Waals surface area contributed by atoms with Gasteiger partial charge in [0.05, 0.1) is 0 Å². The van der Waals surface area contributed by atoms with Crippen LogP contribution in [-0.2, 0) is 6.54 Å². The number of pyridine rings is 1. The molecule has 7 heteroatoms. The number of nitrogens with one attached hydrogen (secondary N) is 1. The molecule has 1 fully saturated rings. The summed E-state index contributed by atoms with van der Waals surface area (Å²) in [5.41, 5.74) is 2.58. The van der Waals surface area contributed by atoms with Gasteiger partial charge in [0.2, 0.25) is 0 Å². The van der Waals surface area contributed by atoms with E-state index in [1.807, 2.05) is 25.1 Å². The smallest absolute Gasteiger partial charge is 0.270 e. The number of aryl methyl sites for hydroxylation is 1. The summed E-state index contributed by atoms with van der Waals surface area (Å²) in [5.74, 6) is 1.19. The van der Waals surface area contributed by atoms with E-state index < -0.39 is 0 Å². The minimum absolute atomic E-state index is 0.205. The summed E-state index contributed by atoms with van der Waals surface area (Å²) in [4.78, 5) is 30.1. The van der Waals surface area contributed by atoms with Gasteiger partial charge in [-0.1, -0.05) is 24.3 Å². The van der Waals surface area contributed by atoms with Crippen LogP contribution in [0.4, 0.5) is 11.5 Å². The average molecular weight is 388 g/mol. The summed E-state index contributed by atoms with van der Waals surface area (Å²) in [7, 11) is 0. The first-order valence-electron chi connectivity index (χ1n) is 9.77. The van der Waals surface area contributed by atoms with E-state index in [1.165, 1.54) is 5.69 Å². The number of carbonyl (C=O) groups excluding carboxylic acids is 1. The standard InChI is InChI=1S/C22H24N6O/c1-17-25-20(22(29)24-16-18-6-5-9-23-15-18)14-21(26-17)28-12-10-27(11-13-28)19-7-3-2-4-8-19/h2-9,14-15H,10-13,16H2,1H3,(H,24,29). The maximum absolute atomic E-state index is 12.6. The zero-order valence-electron chi connectivity index (χ0n) is 16.5. The number of piperazine rings is 1. The predicted molar refractivity (Wildman–Crippen MR) is 113 cm³/mol. The molecule has 0 atom stereocenters. The molecule has 1 saturated heterocycles. The van der Waals surface area contributed by atoms with E-state index >= 15 is 0 Å². The van der Waals surface area contributed by atoms with Gasteiger partial charge in [-0.2, -0.15) is 0 Å². The van der Waals surface area contributed by atoms with Crippen LogP contribution in [0.1, 0.15) is 21.9 Å². The third-order valence-electron chi connectivity index (χ3n) is 4.96. The van der Waals surface area contributed by atoms with Gasteiger partial charge in [0, 0.05) is 56.9 Å². The van der Waals surface area contributed by atoms with Crippen LogP contribution in [0, 0.1) is 6.92 Å². The van der Waals surface area contributed by atoms with Gasteiger partial charge in [0.1, 0.15) is 17.3 Å². The highest BCUT2D eigenvalue weighted by atomic mass is 16.1. The molecule has 7 nitrogen and oxygen atoms in total. The van der Waals surface area contributed by atoms with Crippen molar-refractivity contribution in [2.45, 2.75) is 13.5 Å². The van der Waals surface area contributed by atoms with Gasteiger partial charge in [-0.15, -0.1) is 0 Å². The average Bonchev–Trinajstić information content (AvgIpc) is 2.78. The summed E-state index contributed by atoms with van der Waals surface area (Å²) in [6.07, 6.45) is 3.45. The fraction of sp³-hybridized carbons (Fsp3) is 0.273. The van der Waals surface area contributed by atoms with Crippen molar-refractivity contribution in [3.05, 3.63) is 78.0 Å². The lowest BCUT2D eigenvalue weighted by Gasteiger charge is -2.36. The molecular weight excluding hydrogens is 364 g/mol. The van der Waals surface area contributed by atoms with Crippen molar-refractivity contribution in [2.75, 3.05) is 36.0 Å². The number of carbonyl (C=O) groups is 1. The first-order valence-corrected chi connectivity index (χ1v) is 9.77. The van der Waals surface area contributed by atoms with E-state index in [0.717, 1.165) is 37.6 Å². The van der Waals surface area contributed by atoms with E-state index in [9.17, 15) is 4.79 Å². The lowest BCUT2D eigenvalue weighted by molar-refractivity contribution is 0.0945. The van der Waals surface area contributed by atoms with Crippen LogP contribution < -0.4 is 15.1 Å². The summed E-state index contributed by atoms with van der Waals surface area (Å²) in [6.45, 7) is 5.76. The van der Waals surface area contributed by atoms with Crippen LogP contribution >= 0.6 is 0 Å². The van der Waals surface area contributed by atoms with Crippen molar-refractivity contribution in [3.8, 4) is 0 Å². The van der Waals surface area contributed by atoms with Crippen molar-refractivity contribution in [3.63, 3.8) is 0 Å². The maximum Gasteiger partial charge on any atom is 0.270 e. The first kappa shape index (κ1) is 18.9. The highest BCUT2D eigenvalue weighted by Gasteiger charge is 2.20. The summed E-state index contributed by atoms with van der Waals surface area (Å²) in [6, 6.07) is 16.0. The van der Waals surface area contributed by atoms with Gasteiger partial charge >= 0.3 is 0 Å². The third kappa shape index (κ3) is 4.68. The molecule has 0 aliphatic carbocycles. The number of hydrogen-bond acceptors (Lipinski definition) is 6. The third-order valence-corrected chi connectivity index (χ3v) is 4.96. The second-order valence-corrected chi connectivity index (χ2v) is 7.01. The second-order valence-electron chi connectivity index (χ2n) is 7.01. The number of para-hydroxylation sites is 1. The number of hydrogen-bond donors (Lipinski definition) is 1. The Morgan fingerprint density at radius 3 is 2.48 bits per heavy atom. The molecular formula is C22H24N6O. The topological polar surface area (TPSA) is 74.2 Å². The van der Waals surface area contributed by atoms with Crippen molar-refractivity contribution in [2.24, 2.45) is 0 Å². The summed E-state index contributed by atoms with van der Waals surface area (Å²) in [5, 5.41) is 2.91. The number of anilines is 2. The van der Waals surface area contributed by atoms with Gasteiger partial charge in [-0.05, 0) is 30.7 Å². The molecule has 1 N–H and O–H groups in total. The molecule has 1 aliphatic heterocycles. The van der Waals surface area contributed by atoms with E-state index in [0.29, 0.717) is 18.1 Å². The predicted octanol–water partition coefficient (Wildman–Crippen LogP) is 2.44. The van der Waals surface area contributed by atoms with Gasteiger partial charge in [0.15, 0.2) is 0 Å². The van der Waals surface area contributed by atoms with Crippen LogP contribution in [0.2, 0.25) is 0 Å². The number of nitrogens with zero attached hydrogens (tertiary/aromatic N) is 5. The van der Waals surface area contributed by atoms with Gasteiger partial charge in [-0.25, -0.2) is 9.97 Å². The molecule has 2 aromatic heterocycles. The molecule has 4 rings (SSSR count). The molecule has 148 valence electrons. The summed E-state index contributed by atoms with van der Waals surface area (Å²) < 4.78 is 0. The quantitative estimate of drug-likeness (QED) is 0.724. The van der Waals surface area contributed by atoms with Crippen LogP contribution in [0.5, 0.6) is 0 Å². The molecule has 3 heterocycles. The molecule has 0 saturated carbocycles. The Bertz CT molecular complexity index is 956. The first-order chi connectivity index (χ1) is 14.2. The van der Waals surface area contributed by atoms with Gasteiger partial charge in [0.25, 0.3) is 5.91 Å². The van der Waals surface area contributed by atoms with Crippen molar-refractivity contribution in [1.82, 2.24) is 20.3 Å². The zero-order valence-corrected chi connectivity index (χ0v) is 16.5. The molecule has 1 aliphatic rings. The lowest BCUT2D eigenvalue weighted by atomic mass is 10.2. The van der Waals surface area contributed by atoms with Gasteiger partial charge < -0.3 is 15.1 Å². The minimum Gasteiger partial charge on any atom is -0.368 e. The number of rotatable bonds is 5. The largest absolute Gasteiger partial charge is 0.368 e. The van der Waals surface area contributed by atoms with E-state index in [4.69, 9.17) is 0 Å². The highest BCUT2D eigenvalue weighted by molar-refractivity contribution is 5.92. The second kappa shape index (κ2) is 8.68. The van der Waals surface area contributed by atoms with Crippen LogP contribution in [0.25, 0.3) is 0 Å². The molecule has 0 radical (unpaired) electrons. The Kier molecular flexibility index (Phi) is 5.65. The Labute approximate surface area is 170 Å². The molecule has 1 amide bonds. The Morgan fingerprint density at radius 2 is 1.76 bits per heavy atom.